The Kier molecular flexibility index (Phi) is 16.6. The Morgan fingerprint density at radius 1 is 0.548 bits per heavy atom. The van der Waals surface area contributed by atoms with E-state index in [0.717, 1.165) is 0 Å². The number of hydrogen-bond acceptors (Lipinski definition) is 10. The van der Waals surface area contributed by atoms with E-state index >= 15 is 0 Å². The van der Waals surface area contributed by atoms with Crippen LogP contribution in [0.4, 0.5) is 0 Å². The Morgan fingerprint density at radius 3 is 1.44 bits per heavy atom. The fourth-order valence-corrected chi connectivity index (χ4v) is 8.14. The molecule has 9 atom stereocenters. The molecule has 3 heterocycles. The largest absolute Gasteiger partial charge is 0.391 e. The summed E-state index contributed by atoms with van der Waals surface area (Å²) in [5.74, 6) is -5.99. The zero-order valence-corrected chi connectivity index (χ0v) is 35.7. The van der Waals surface area contributed by atoms with E-state index in [9.17, 15) is 48.6 Å². The third kappa shape index (κ3) is 12.4. The van der Waals surface area contributed by atoms with Gasteiger partial charge in [-0.2, -0.15) is 0 Å². The molecule has 336 valence electrons. The molecule has 3 aliphatic heterocycles. The summed E-state index contributed by atoms with van der Waals surface area (Å²) in [5.41, 5.74) is 1.37. The molecule has 0 aromatic heterocycles. The van der Waals surface area contributed by atoms with Crippen molar-refractivity contribution in [2.45, 2.75) is 127 Å². The standard InChI is InChI=1S/C44H60N8O10/c1-25(2)21-30-39(57)47-32(23-29-15-9-6-10-16-29)40(58)46-31(22-28-13-7-5-8-14-28)38(56)45-24-35(55)49-36(26(3)53)43(61)52-20-12-18-34(52)42(60)50-37(27(4)54)44(62)51-19-11-17-33(51)41(59)48-30/h5-10,13-16,25-27,30-34,36-37,53-54H,11-12,17-24H2,1-4H3,(H,45,56)(H,46,58)(H,47,57)(H,48,59)(H,49,55)(H,50,60)/t26-,27-,30+,31-,32+,33+,34-,36+,37-/m0/s1. The second kappa shape index (κ2) is 21.8. The lowest BCUT2D eigenvalue weighted by Crippen LogP contribution is -2.62. The number of carbonyl (C=O) groups excluding carboxylic acids is 8. The van der Waals surface area contributed by atoms with Crippen LogP contribution in [-0.4, -0.2) is 141 Å². The van der Waals surface area contributed by atoms with Gasteiger partial charge in [-0.25, -0.2) is 0 Å². The van der Waals surface area contributed by atoms with Gasteiger partial charge < -0.3 is 51.9 Å². The lowest BCUT2D eigenvalue weighted by Gasteiger charge is -2.33. The number of fused-ring (bicyclic) bond motifs is 2. The molecule has 0 radical (unpaired) electrons. The van der Waals surface area contributed by atoms with Gasteiger partial charge in [0.25, 0.3) is 0 Å². The molecule has 8 amide bonds. The third-order valence-electron chi connectivity index (χ3n) is 11.4. The summed E-state index contributed by atoms with van der Waals surface area (Å²) >= 11 is 0. The minimum Gasteiger partial charge on any atom is -0.391 e. The second-order valence-electron chi connectivity index (χ2n) is 16.8. The summed E-state index contributed by atoms with van der Waals surface area (Å²) in [5, 5.41) is 37.4. The topological polar surface area (TPSA) is 256 Å². The van der Waals surface area contributed by atoms with Crippen molar-refractivity contribution in [3.05, 3.63) is 71.8 Å². The number of aliphatic hydroxyl groups excluding tert-OH is 2. The Labute approximate surface area is 361 Å². The molecule has 0 spiro atoms. The zero-order chi connectivity index (χ0) is 45.1. The number of amides is 8. The van der Waals surface area contributed by atoms with Gasteiger partial charge in [0, 0.05) is 25.9 Å². The minimum absolute atomic E-state index is 0.00219. The van der Waals surface area contributed by atoms with Crippen LogP contribution in [-0.2, 0) is 51.2 Å². The Morgan fingerprint density at radius 2 is 0.968 bits per heavy atom. The molecule has 62 heavy (non-hydrogen) atoms. The first-order valence-corrected chi connectivity index (χ1v) is 21.4. The van der Waals surface area contributed by atoms with E-state index < -0.39 is 108 Å². The van der Waals surface area contributed by atoms with Crippen LogP contribution in [0.15, 0.2) is 60.7 Å². The molecule has 0 unspecified atom stereocenters. The average Bonchev–Trinajstić information content (AvgIpc) is 3.94. The molecule has 3 saturated heterocycles. The number of benzene rings is 2. The van der Waals surface area contributed by atoms with Crippen molar-refractivity contribution in [2.75, 3.05) is 19.6 Å². The quantitative estimate of drug-likeness (QED) is 0.158. The highest BCUT2D eigenvalue weighted by Crippen LogP contribution is 2.23. The highest BCUT2D eigenvalue weighted by atomic mass is 16.3. The summed E-state index contributed by atoms with van der Waals surface area (Å²) in [7, 11) is 0. The number of nitrogens with one attached hydrogen (secondary N) is 6. The molecule has 3 fully saturated rings. The van der Waals surface area contributed by atoms with Gasteiger partial charge in [0.2, 0.25) is 47.3 Å². The lowest BCUT2D eigenvalue weighted by atomic mass is 9.99. The Balaban J connectivity index is 1.51. The van der Waals surface area contributed by atoms with Crippen molar-refractivity contribution in [3.8, 4) is 0 Å². The van der Waals surface area contributed by atoms with E-state index in [2.05, 4.69) is 31.9 Å². The smallest absolute Gasteiger partial charge is 0.248 e. The van der Waals surface area contributed by atoms with Crippen LogP contribution in [0, 0.1) is 5.92 Å². The first-order chi connectivity index (χ1) is 29.5. The molecule has 18 heteroatoms. The van der Waals surface area contributed by atoms with Crippen LogP contribution >= 0.6 is 0 Å². The number of carbonyl (C=O) groups is 8. The van der Waals surface area contributed by atoms with Gasteiger partial charge in [0.1, 0.15) is 42.3 Å². The SMILES string of the molecule is CC(C)C[C@H]1NC(=O)[C@H]2CCCN2C(=O)[C@H]([C@H](C)O)NC(=O)[C@@H]2CCCN2C(=O)[C@@H]([C@H](C)O)NC(=O)CNC(=O)[C@H](Cc2ccccc2)NC(=O)[C@@H](Cc2ccccc2)NC1=O. The van der Waals surface area contributed by atoms with Gasteiger partial charge in [-0.05, 0) is 63.0 Å². The van der Waals surface area contributed by atoms with Gasteiger partial charge in [0.15, 0.2) is 0 Å². The molecule has 0 saturated carbocycles. The van der Waals surface area contributed by atoms with E-state index in [-0.39, 0.29) is 51.1 Å². The third-order valence-corrected chi connectivity index (χ3v) is 11.4. The highest BCUT2D eigenvalue weighted by molar-refractivity contribution is 5.99. The van der Waals surface area contributed by atoms with Crippen molar-refractivity contribution in [2.24, 2.45) is 5.92 Å². The van der Waals surface area contributed by atoms with E-state index in [1.807, 2.05) is 13.8 Å². The maximum absolute atomic E-state index is 14.3. The number of nitrogens with zero attached hydrogens (tertiary/aromatic N) is 2. The lowest BCUT2D eigenvalue weighted by molar-refractivity contribution is -0.147. The van der Waals surface area contributed by atoms with Crippen molar-refractivity contribution in [3.63, 3.8) is 0 Å². The van der Waals surface area contributed by atoms with Crippen LogP contribution < -0.4 is 31.9 Å². The summed E-state index contributed by atoms with van der Waals surface area (Å²) in [6.07, 6.45) is -1.47. The van der Waals surface area contributed by atoms with E-state index in [1.165, 1.54) is 23.6 Å². The van der Waals surface area contributed by atoms with E-state index in [1.54, 1.807) is 60.7 Å². The monoisotopic (exact) mass is 860 g/mol. The molecule has 0 bridgehead atoms. The molecule has 5 rings (SSSR count). The van der Waals surface area contributed by atoms with Gasteiger partial charge in [0.05, 0.1) is 18.8 Å². The summed E-state index contributed by atoms with van der Waals surface area (Å²) in [4.78, 5) is 114. The van der Waals surface area contributed by atoms with E-state index in [0.29, 0.717) is 24.0 Å². The number of hydrogen-bond donors (Lipinski definition) is 8. The molecule has 18 nitrogen and oxygen atoms in total. The first-order valence-electron chi connectivity index (χ1n) is 21.4. The maximum atomic E-state index is 14.3. The molecule has 8 N–H and O–H groups in total. The van der Waals surface area contributed by atoms with Crippen LogP contribution in [0.25, 0.3) is 0 Å². The zero-order valence-electron chi connectivity index (χ0n) is 35.7. The van der Waals surface area contributed by atoms with Gasteiger partial charge in [-0.15, -0.1) is 0 Å². The molecular weight excluding hydrogens is 801 g/mol. The summed E-state index contributed by atoms with van der Waals surface area (Å²) in [6.45, 7) is 5.87. The molecule has 2 aromatic carbocycles. The van der Waals surface area contributed by atoms with Crippen LogP contribution in [0.5, 0.6) is 0 Å². The number of rotatable bonds is 8. The van der Waals surface area contributed by atoms with Crippen molar-refractivity contribution >= 4 is 47.3 Å². The molecule has 0 aliphatic carbocycles. The molecule has 3 aliphatic rings. The van der Waals surface area contributed by atoms with Crippen LogP contribution in [0.2, 0.25) is 0 Å². The first kappa shape index (κ1) is 47.2. The van der Waals surface area contributed by atoms with Crippen molar-refractivity contribution in [1.29, 1.82) is 0 Å². The Bertz CT molecular complexity index is 1930. The predicted molar refractivity (Wildman–Crippen MR) is 225 cm³/mol. The Hall–Kier alpha value is -5.88. The van der Waals surface area contributed by atoms with Crippen LogP contribution in [0.3, 0.4) is 0 Å². The average molecular weight is 861 g/mol. The van der Waals surface area contributed by atoms with Gasteiger partial charge >= 0.3 is 0 Å². The molecule has 2 aromatic rings. The molecular formula is C44H60N8O10. The van der Waals surface area contributed by atoms with Crippen molar-refractivity contribution < 1.29 is 48.6 Å². The fourth-order valence-electron chi connectivity index (χ4n) is 8.14. The van der Waals surface area contributed by atoms with Gasteiger partial charge in [-0.3, -0.25) is 38.4 Å². The fraction of sp³-hybridized carbons (Fsp3) is 0.545. The normalized spacial score (nSPS) is 27.4. The maximum Gasteiger partial charge on any atom is 0.248 e. The predicted octanol–water partition coefficient (Wildman–Crippen LogP) is -1.18. The summed E-state index contributed by atoms with van der Waals surface area (Å²) < 4.78 is 0. The van der Waals surface area contributed by atoms with Crippen LogP contribution in [0.1, 0.15) is 70.9 Å². The summed E-state index contributed by atoms with van der Waals surface area (Å²) in [6, 6.07) is 8.85. The highest BCUT2D eigenvalue weighted by Gasteiger charge is 2.44. The number of aliphatic hydroxyl groups is 2. The second-order valence-corrected chi connectivity index (χ2v) is 16.8. The van der Waals surface area contributed by atoms with Crippen molar-refractivity contribution in [1.82, 2.24) is 41.7 Å². The van der Waals surface area contributed by atoms with E-state index in [4.69, 9.17) is 0 Å². The van der Waals surface area contributed by atoms with Gasteiger partial charge in [-0.1, -0.05) is 74.5 Å². The minimum atomic E-state index is -1.53.